The van der Waals surface area contributed by atoms with Gasteiger partial charge in [0.05, 0.1) is 11.8 Å². The number of nitrogens with zero attached hydrogens (tertiary/aromatic N) is 4. The molecule has 0 saturated heterocycles. The van der Waals surface area contributed by atoms with Crippen LogP contribution in [0.4, 0.5) is 11.4 Å². The molecule has 0 atom stereocenters. The number of halogens is 1. The zero-order valence-corrected chi connectivity index (χ0v) is 13.4. The Bertz CT molecular complexity index is 822. The fraction of sp³-hybridized carbons (Fsp3) is 0.111. The number of aryl methyl sites for hydroxylation is 1. The van der Waals surface area contributed by atoms with Gasteiger partial charge in [-0.3, -0.25) is 0 Å². The normalized spacial score (nSPS) is 16.7. The van der Waals surface area contributed by atoms with E-state index in [1.165, 1.54) is 5.56 Å². The SMILES string of the molecule is Cc1ccc(N2CN(c3ccccc3)C3=NN=CC3=C2Cl)cc1. The van der Waals surface area contributed by atoms with Crippen LogP contribution in [0.3, 0.4) is 0 Å². The molecule has 0 spiro atoms. The Labute approximate surface area is 140 Å². The van der Waals surface area contributed by atoms with E-state index in [-0.39, 0.29) is 0 Å². The van der Waals surface area contributed by atoms with Gasteiger partial charge in [0.25, 0.3) is 0 Å². The average molecular weight is 323 g/mol. The fourth-order valence-electron chi connectivity index (χ4n) is 2.75. The molecule has 0 radical (unpaired) electrons. The Morgan fingerprint density at radius 1 is 0.913 bits per heavy atom. The number of para-hydroxylation sites is 1. The van der Waals surface area contributed by atoms with Crippen LogP contribution in [0.15, 0.2) is 75.5 Å². The van der Waals surface area contributed by atoms with Crippen LogP contribution in [0.2, 0.25) is 0 Å². The van der Waals surface area contributed by atoms with Gasteiger partial charge in [-0.25, -0.2) is 0 Å². The van der Waals surface area contributed by atoms with Crippen LogP contribution in [0.25, 0.3) is 0 Å². The van der Waals surface area contributed by atoms with Gasteiger partial charge in [0.1, 0.15) is 11.8 Å². The molecule has 0 aromatic heterocycles. The van der Waals surface area contributed by atoms with Gasteiger partial charge in [-0.1, -0.05) is 47.5 Å². The summed E-state index contributed by atoms with van der Waals surface area (Å²) in [6, 6.07) is 18.5. The van der Waals surface area contributed by atoms with E-state index in [0.29, 0.717) is 11.8 Å². The lowest BCUT2D eigenvalue weighted by atomic mass is 10.1. The molecule has 0 unspecified atom stereocenters. The zero-order chi connectivity index (χ0) is 15.8. The van der Waals surface area contributed by atoms with Gasteiger partial charge in [0, 0.05) is 11.4 Å². The van der Waals surface area contributed by atoms with Crippen LogP contribution < -0.4 is 9.80 Å². The molecule has 0 amide bonds. The number of rotatable bonds is 2. The lowest BCUT2D eigenvalue weighted by molar-refractivity contribution is 0.906. The van der Waals surface area contributed by atoms with Crippen LogP contribution >= 0.6 is 11.6 Å². The van der Waals surface area contributed by atoms with Crippen LogP contribution in [0, 0.1) is 6.92 Å². The van der Waals surface area contributed by atoms with Crippen molar-refractivity contribution in [2.24, 2.45) is 10.2 Å². The first-order chi connectivity index (χ1) is 11.2. The first-order valence-corrected chi connectivity index (χ1v) is 7.80. The minimum Gasteiger partial charge on any atom is -0.313 e. The molecule has 5 heteroatoms. The Balaban J connectivity index is 1.79. The summed E-state index contributed by atoms with van der Waals surface area (Å²) in [6.07, 6.45) is 1.72. The summed E-state index contributed by atoms with van der Waals surface area (Å²) >= 11 is 6.62. The van der Waals surface area contributed by atoms with Crippen molar-refractivity contribution in [1.29, 1.82) is 0 Å². The lowest BCUT2D eigenvalue weighted by Gasteiger charge is -2.37. The van der Waals surface area contributed by atoms with Crippen molar-refractivity contribution in [1.82, 2.24) is 0 Å². The lowest BCUT2D eigenvalue weighted by Crippen LogP contribution is -2.46. The van der Waals surface area contributed by atoms with Crippen molar-refractivity contribution in [3.63, 3.8) is 0 Å². The molecule has 114 valence electrons. The highest BCUT2D eigenvalue weighted by atomic mass is 35.5. The minimum absolute atomic E-state index is 0.595. The van der Waals surface area contributed by atoms with E-state index in [4.69, 9.17) is 11.6 Å². The Hall–Kier alpha value is -2.59. The van der Waals surface area contributed by atoms with Gasteiger partial charge in [-0.2, -0.15) is 5.10 Å². The molecule has 2 aromatic carbocycles. The summed E-state index contributed by atoms with van der Waals surface area (Å²) in [7, 11) is 0. The smallest absolute Gasteiger partial charge is 0.169 e. The number of anilines is 2. The Morgan fingerprint density at radius 3 is 2.35 bits per heavy atom. The maximum Gasteiger partial charge on any atom is 0.169 e. The van der Waals surface area contributed by atoms with E-state index >= 15 is 0 Å². The molecule has 2 aromatic rings. The van der Waals surface area contributed by atoms with Gasteiger partial charge in [0.2, 0.25) is 0 Å². The average Bonchev–Trinajstić information content (AvgIpc) is 3.07. The molecule has 0 N–H and O–H groups in total. The number of hydrogen-bond donors (Lipinski definition) is 0. The Kier molecular flexibility index (Phi) is 3.39. The topological polar surface area (TPSA) is 31.2 Å². The summed E-state index contributed by atoms with van der Waals surface area (Å²) < 4.78 is 0. The second kappa shape index (κ2) is 5.56. The highest BCUT2D eigenvalue weighted by Crippen LogP contribution is 2.33. The van der Waals surface area contributed by atoms with Gasteiger partial charge in [-0.15, -0.1) is 5.10 Å². The van der Waals surface area contributed by atoms with Crippen LogP contribution in [-0.4, -0.2) is 18.7 Å². The summed E-state index contributed by atoms with van der Waals surface area (Å²) in [5, 5.41) is 8.95. The molecule has 4 rings (SSSR count). The third-order valence-electron chi connectivity index (χ3n) is 3.99. The van der Waals surface area contributed by atoms with E-state index in [9.17, 15) is 0 Å². The molecule has 2 aliphatic rings. The van der Waals surface area contributed by atoms with Crippen LogP contribution in [-0.2, 0) is 0 Å². The fourth-order valence-corrected chi connectivity index (χ4v) is 3.03. The van der Waals surface area contributed by atoms with Crippen molar-refractivity contribution < 1.29 is 0 Å². The van der Waals surface area contributed by atoms with E-state index in [0.717, 1.165) is 22.8 Å². The highest BCUT2D eigenvalue weighted by molar-refractivity contribution is 6.39. The predicted octanol–water partition coefficient (Wildman–Crippen LogP) is 4.13. The van der Waals surface area contributed by atoms with Crippen molar-refractivity contribution in [2.75, 3.05) is 16.5 Å². The largest absolute Gasteiger partial charge is 0.313 e. The van der Waals surface area contributed by atoms with Crippen molar-refractivity contribution >= 4 is 35.0 Å². The van der Waals surface area contributed by atoms with E-state index < -0.39 is 0 Å². The molecule has 0 saturated carbocycles. The van der Waals surface area contributed by atoms with Gasteiger partial charge < -0.3 is 9.80 Å². The summed E-state index contributed by atoms with van der Waals surface area (Å²) in [4.78, 5) is 4.19. The molecule has 0 aliphatic carbocycles. The molecule has 0 fully saturated rings. The summed E-state index contributed by atoms with van der Waals surface area (Å²) in [5.74, 6) is 0.796. The summed E-state index contributed by atoms with van der Waals surface area (Å²) in [5.41, 5.74) is 4.19. The second-order valence-electron chi connectivity index (χ2n) is 5.54. The maximum atomic E-state index is 6.62. The highest BCUT2D eigenvalue weighted by Gasteiger charge is 2.32. The van der Waals surface area contributed by atoms with Crippen molar-refractivity contribution in [3.8, 4) is 0 Å². The molecular weight excluding hydrogens is 308 g/mol. The van der Waals surface area contributed by atoms with E-state index in [1.807, 2.05) is 18.2 Å². The first kappa shape index (κ1) is 14.0. The third-order valence-corrected chi connectivity index (χ3v) is 4.40. The molecular formula is C18H15ClN4. The second-order valence-corrected chi connectivity index (χ2v) is 5.90. The molecule has 4 nitrogen and oxygen atoms in total. The molecule has 2 aliphatic heterocycles. The number of fused-ring (bicyclic) bond motifs is 1. The summed E-state index contributed by atoms with van der Waals surface area (Å²) in [6.45, 7) is 2.67. The van der Waals surface area contributed by atoms with Crippen LogP contribution in [0.5, 0.6) is 0 Å². The maximum absolute atomic E-state index is 6.62. The quantitative estimate of drug-likeness (QED) is 0.779. The number of hydrogen-bond acceptors (Lipinski definition) is 4. The molecule has 2 heterocycles. The zero-order valence-electron chi connectivity index (χ0n) is 12.6. The van der Waals surface area contributed by atoms with E-state index in [2.05, 4.69) is 63.3 Å². The van der Waals surface area contributed by atoms with Crippen molar-refractivity contribution in [3.05, 3.63) is 70.9 Å². The number of benzene rings is 2. The monoisotopic (exact) mass is 322 g/mol. The van der Waals surface area contributed by atoms with Crippen LogP contribution in [0.1, 0.15) is 5.56 Å². The van der Waals surface area contributed by atoms with Crippen molar-refractivity contribution in [2.45, 2.75) is 6.92 Å². The Morgan fingerprint density at radius 2 is 1.61 bits per heavy atom. The minimum atomic E-state index is 0.595. The number of amidine groups is 1. The van der Waals surface area contributed by atoms with Gasteiger partial charge >= 0.3 is 0 Å². The van der Waals surface area contributed by atoms with Gasteiger partial charge in [0.15, 0.2) is 5.84 Å². The molecule has 0 bridgehead atoms. The standard InChI is InChI=1S/C18H15ClN4/c1-13-7-9-15(10-8-13)22-12-23(14-5-3-2-4-6-14)18-16(17(22)19)11-20-21-18/h2-11H,12H2,1H3. The first-order valence-electron chi connectivity index (χ1n) is 7.42. The molecule has 23 heavy (non-hydrogen) atoms. The van der Waals surface area contributed by atoms with Gasteiger partial charge in [-0.05, 0) is 31.2 Å². The predicted molar refractivity (Wildman–Crippen MR) is 96.3 cm³/mol. The third kappa shape index (κ3) is 2.41. The van der Waals surface area contributed by atoms with E-state index in [1.54, 1.807) is 6.21 Å².